The molecule has 0 bridgehead atoms. The maximum absolute atomic E-state index is 9.90. The van der Waals surface area contributed by atoms with Crippen LogP contribution < -0.4 is 4.90 Å². The highest BCUT2D eigenvalue weighted by atomic mass is 16.3. The first-order valence-corrected chi connectivity index (χ1v) is 8.51. The lowest BCUT2D eigenvalue weighted by Crippen LogP contribution is -2.49. The van der Waals surface area contributed by atoms with E-state index in [1.807, 2.05) is 0 Å². The van der Waals surface area contributed by atoms with Gasteiger partial charge in [-0.3, -0.25) is 4.90 Å². The molecule has 2 heterocycles. The van der Waals surface area contributed by atoms with E-state index < -0.39 is 0 Å². The zero-order valence-electron chi connectivity index (χ0n) is 13.5. The van der Waals surface area contributed by atoms with E-state index in [9.17, 15) is 10.2 Å². The third-order valence-electron chi connectivity index (χ3n) is 5.24. The van der Waals surface area contributed by atoms with Gasteiger partial charge < -0.3 is 15.1 Å². The molecule has 1 aromatic carbocycles. The number of aliphatic hydroxyl groups is 2. The van der Waals surface area contributed by atoms with Gasteiger partial charge in [0.2, 0.25) is 0 Å². The number of likely N-dealkylation sites (tertiary alicyclic amines) is 1. The summed E-state index contributed by atoms with van der Waals surface area (Å²) >= 11 is 0. The van der Waals surface area contributed by atoms with Crippen LogP contribution in [-0.4, -0.2) is 60.0 Å². The van der Waals surface area contributed by atoms with Crippen LogP contribution in [0.15, 0.2) is 24.3 Å². The van der Waals surface area contributed by atoms with Gasteiger partial charge in [-0.25, -0.2) is 0 Å². The van der Waals surface area contributed by atoms with Crippen molar-refractivity contribution in [1.29, 1.82) is 0 Å². The number of aliphatic hydroxyl groups excluding tert-OH is 2. The van der Waals surface area contributed by atoms with E-state index >= 15 is 0 Å². The minimum Gasteiger partial charge on any atom is -0.395 e. The molecule has 4 nitrogen and oxygen atoms in total. The van der Waals surface area contributed by atoms with Crippen LogP contribution in [0.2, 0.25) is 0 Å². The Labute approximate surface area is 133 Å². The number of aryl methyl sites for hydroxylation is 1. The van der Waals surface area contributed by atoms with Gasteiger partial charge in [0, 0.05) is 37.9 Å². The second-order valence-corrected chi connectivity index (χ2v) is 6.91. The molecule has 1 aromatic rings. The average molecular weight is 304 g/mol. The number of anilines is 1. The van der Waals surface area contributed by atoms with E-state index in [0.717, 1.165) is 32.5 Å². The van der Waals surface area contributed by atoms with Crippen LogP contribution in [0.25, 0.3) is 0 Å². The van der Waals surface area contributed by atoms with Gasteiger partial charge in [-0.15, -0.1) is 0 Å². The second-order valence-electron chi connectivity index (χ2n) is 6.91. The molecule has 0 saturated carbocycles. The second kappa shape index (κ2) is 6.99. The lowest BCUT2D eigenvalue weighted by molar-refractivity contribution is 0.00726. The van der Waals surface area contributed by atoms with Crippen molar-refractivity contribution in [3.05, 3.63) is 29.8 Å². The van der Waals surface area contributed by atoms with Crippen molar-refractivity contribution >= 4 is 5.69 Å². The maximum atomic E-state index is 9.90. The smallest absolute Gasteiger partial charge is 0.0667 e. The monoisotopic (exact) mass is 304 g/mol. The van der Waals surface area contributed by atoms with Crippen molar-refractivity contribution < 1.29 is 10.2 Å². The first-order chi connectivity index (χ1) is 10.7. The number of nitrogens with zero attached hydrogens (tertiary/aromatic N) is 2. The van der Waals surface area contributed by atoms with E-state index in [4.69, 9.17) is 0 Å². The molecule has 2 N–H and O–H groups in total. The summed E-state index contributed by atoms with van der Waals surface area (Å²) in [4.78, 5) is 4.79. The van der Waals surface area contributed by atoms with Crippen molar-refractivity contribution in [2.75, 3.05) is 37.7 Å². The van der Waals surface area contributed by atoms with Crippen LogP contribution in [0.3, 0.4) is 0 Å². The van der Waals surface area contributed by atoms with E-state index in [0.29, 0.717) is 12.5 Å². The number of hydrogen-bond acceptors (Lipinski definition) is 4. The molecule has 3 atom stereocenters. The molecule has 0 amide bonds. The summed E-state index contributed by atoms with van der Waals surface area (Å²) in [6, 6.07) is 8.81. The van der Waals surface area contributed by atoms with Gasteiger partial charge in [-0.1, -0.05) is 18.2 Å². The molecule has 2 saturated heterocycles. The fourth-order valence-electron chi connectivity index (χ4n) is 3.96. The van der Waals surface area contributed by atoms with Gasteiger partial charge in [0.25, 0.3) is 0 Å². The van der Waals surface area contributed by atoms with Crippen LogP contribution in [-0.2, 0) is 0 Å². The highest BCUT2D eigenvalue weighted by Crippen LogP contribution is 2.28. The Balaban J connectivity index is 1.59. The van der Waals surface area contributed by atoms with Crippen molar-refractivity contribution in [2.24, 2.45) is 5.92 Å². The molecule has 0 unspecified atom stereocenters. The van der Waals surface area contributed by atoms with Gasteiger partial charge in [0.1, 0.15) is 0 Å². The van der Waals surface area contributed by atoms with E-state index in [1.54, 1.807) is 0 Å². The average Bonchev–Trinajstić information content (AvgIpc) is 2.96. The number of β-amino-alcohol motifs (C(OH)–C–C–N with tert-alkyl or cyclic N) is 1. The minimum atomic E-state index is -0.225. The molecule has 4 heteroatoms. The summed E-state index contributed by atoms with van der Waals surface area (Å²) in [5, 5.41) is 19.5. The Bertz CT molecular complexity index is 494. The quantitative estimate of drug-likeness (QED) is 0.888. The molecule has 2 aliphatic heterocycles. The largest absolute Gasteiger partial charge is 0.395 e. The van der Waals surface area contributed by atoms with Crippen molar-refractivity contribution in [1.82, 2.24) is 4.90 Å². The summed E-state index contributed by atoms with van der Waals surface area (Å²) in [5.41, 5.74) is 2.69. The van der Waals surface area contributed by atoms with E-state index in [1.165, 1.54) is 17.7 Å². The summed E-state index contributed by atoms with van der Waals surface area (Å²) in [7, 11) is 0. The third kappa shape index (κ3) is 3.45. The number of rotatable bonds is 4. The third-order valence-corrected chi connectivity index (χ3v) is 5.24. The predicted molar refractivity (Wildman–Crippen MR) is 89.2 cm³/mol. The Morgan fingerprint density at radius 1 is 1.14 bits per heavy atom. The number of para-hydroxylation sites is 1. The molecule has 0 aromatic heterocycles. The van der Waals surface area contributed by atoms with Gasteiger partial charge in [0.15, 0.2) is 0 Å². The lowest BCUT2D eigenvalue weighted by Gasteiger charge is -2.38. The Hall–Kier alpha value is -1.10. The minimum absolute atomic E-state index is 0.209. The van der Waals surface area contributed by atoms with Gasteiger partial charge in [-0.2, -0.15) is 0 Å². The number of hydrogen-bond donors (Lipinski definition) is 2. The highest BCUT2D eigenvalue weighted by Gasteiger charge is 2.31. The molecular formula is C18H28N2O2. The van der Waals surface area contributed by atoms with Gasteiger partial charge >= 0.3 is 0 Å². The zero-order chi connectivity index (χ0) is 15.5. The van der Waals surface area contributed by atoms with Crippen molar-refractivity contribution in [2.45, 2.75) is 38.3 Å². The Morgan fingerprint density at radius 2 is 1.95 bits per heavy atom. The maximum Gasteiger partial charge on any atom is 0.0667 e. The van der Waals surface area contributed by atoms with Crippen LogP contribution in [0.1, 0.15) is 24.8 Å². The SMILES string of the molecule is Cc1ccccc1N1CC[C@H](CN2C[C@H](O)CC[C@@H]2CO)C1. The Kier molecular flexibility index (Phi) is 5.01. The normalized spacial score (nSPS) is 30.0. The van der Waals surface area contributed by atoms with E-state index in [-0.39, 0.29) is 18.8 Å². The van der Waals surface area contributed by atoms with Crippen LogP contribution >= 0.6 is 0 Å². The summed E-state index contributed by atoms with van der Waals surface area (Å²) in [5.74, 6) is 0.624. The van der Waals surface area contributed by atoms with Gasteiger partial charge in [0.05, 0.1) is 12.7 Å². The first-order valence-electron chi connectivity index (χ1n) is 8.51. The Morgan fingerprint density at radius 3 is 2.73 bits per heavy atom. The summed E-state index contributed by atoms with van der Waals surface area (Å²) < 4.78 is 0. The van der Waals surface area contributed by atoms with Crippen molar-refractivity contribution in [3.63, 3.8) is 0 Å². The standard InChI is InChI=1S/C18H28N2O2/c1-14-4-2-3-5-18(14)19-9-8-15(10-19)11-20-12-17(22)7-6-16(20)13-21/h2-5,15-17,21-22H,6-13H2,1H3/t15-,16+,17+/m0/s1. The zero-order valence-corrected chi connectivity index (χ0v) is 13.5. The van der Waals surface area contributed by atoms with Crippen LogP contribution in [0.5, 0.6) is 0 Å². The van der Waals surface area contributed by atoms with Gasteiger partial charge in [-0.05, 0) is 43.7 Å². The fraction of sp³-hybridized carbons (Fsp3) is 0.667. The molecule has 0 spiro atoms. The van der Waals surface area contributed by atoms with E-state index in [2.05, 4.69) is 41.0 Å². The molecule has 0 aliphatic carbocycles. The van der Waals surface area contributed by atoms with Crippen molar-refractivity contribution in [3.8, 4) is 0 Å². The molecule has 0 radical (unpaired) electrons. The molecule has 122 valence electrons. The molecule has 3 rings (SSSR count). The summed E-state index contributed by atoms with van der Waals surface area (Å²) in [6.07, 6.45) is 2.70. The molecular weight excluding hydrogens is 276 g/mol. The van der Waals surface area contributed by atoms with Crippen LogP contribution in [0, 0.1) is 12.8 Å². The topological polar surface area (TPSA) is 46.9 Å². The number of benzene rings is 1. The first kappa shape index (κ1) is 15.8. The fourth-order valence-corrected chi connectivity index (χ4v) is 3.96. The molecule has 2 aliphatic rings. The van der Waals surface area contributed by atoms with Crippen LogP contribution in [0.4, 0.5) is 5.69 Å². The predicted octanol–water partition coefficient (Wildman–Crippen LogP) is 1.64. The molecule has 2 fully saturated rings. The summed E-state index contributed by atoms with van der Waals surface area (Å²) in [6.45, 7) is 6.27. The number of piperidine rings is 1. The molecule has 22 heavy (non-hydrogen) atoms. The highest BCUT2D eigenvalue weighted by molar-refractivity contribution is 5.53. The lowest BCUT2D eigenvalue weighted by atomic mass is 9.98.